The number of fused-ring (bicyclic) bond motifs is 2. The topological polar surface area (TPSA) is 29.9 Å². The molecule has 30 heavy (non-hydrogen) atoms. The van der Waals surface area contributed by atoms with Gasteiger partial charge in [0.15, 0.2) is 0 Å². The van der Waals surface area contributed by atoms with Crippen molar-refractivity contribution in [3.8, 4) is 16.9 Å². The molecular formula is C24H20F3N3. The van der Waals surface area contributed by atoms with E-state index in [1.165, 1.54) is 6.07 Å². The molecule has 1 aliphatic heterocycles. The smallest absolute Gasteiger partial charge is 0.370 e. The van der Waals surface area contributed by atoms with Crippen molar-refractivity contribution in [3.63, 3.8) is 0 Å². The quantitative estimate of drug-likeness (QED) is 0.413. The van der Waals surface area contributed by atoms with E-state index in [0.29, 0.717) is 5.69 Å². The lowest BCUT2D eigenvalue weighted by molar-refractivity contribution is -0.137. The summed E-state index contributed by atoms with van der Waals surface area (Å²) in [5, 5.41) is 10.4. The summed E-state index contributed by atoms with van der Waals surface area (Å²) in [6, 6.07) is 19.6. The number of hydrogen-bond donors (Lipinski definition) is 1. The molecule has 0 saturated carbocycles. The number of nitrogens with one attached hydrogen (secondary N) is 1. The van der Waals surface area contributed by atoms with E-state index in [4.69, 9.17) is 5.10 Å². The van der Waals surface area contributed by atoms with Crippen molar-refractivity contribution in [1.82, 2.24) is 9.78 Å². The summed E-state index contributed by atoms with van der Waals surface area (Å²) >= 11 is 0. The third-order valence-corrected chi connectivity index (χ3v) is 5.57. The number of aromatic nitrogens is 2. The van der Waals surface area contributed by atoms with Crippen LogP contribution in [0, 0.1) is 0 Å². The van der Waals surface area contributed by atoms with Gasteiger partial charge in [0, 0.05) is 17.7 Å². The van der Waals surface area contributed by atoms with Crippen LogP contribution in [-0.4, -0.2) is 16.3 Å². The second kappa shape index (κ2) is 7.20. The third kappa shape index (κ3) is 3.32. The number of rotatable bonds is 2. The molecule has 0 amide bonds. The van der Waals surface area contributed by atoms with E-state index in [1.807, 2.05) is 18.2 Å². The molecule has 5 rings (SSSR count). The Kier molecular flexibility index (Phi) is 4.50. The van der Waals surface area contributed by atoms with E-state index < -0.39 is 11.7 Å². The number of anilines is 1. The van der Waals surface area contributed by atoms with Gasteiger partial charge < -0.3 is 5.32 Å². The summed E-state index contributed by atoms with van der Waals surface area (Å²) in [5.74, 6) is 0.787. The Labute approximate surface area is 172 Å². The summed E-state index contributed by atoms with van der Waals surface area (Å²) < 4.78 is 41.4. The normalized spacial score (nSPS) is 14.2. The highest BCUT2D eigenvalue weighted by Gasteiger charge is 2.31. The Morgan fingerprint density at radius 3 is 2.53 bits per heavy atom. The Balaban J connectivity index is 1.69. The van der Waals surface area contributed by atoms with Gasteiger partial charge in [0.1, 0.15) is 5.82 Å². The van der Waals surface area contributed by atoms with Gasteiger partial charge in [-0.05, 0) is 54.3 Å². The second-order valence-corrected chi connectivity index (χ2v) is 7.58. The molecule has 0 aliphatic carbocycles. The summed E-state index contributed by atoms with van der Waals surface area (Å²) in [4.78, 5) is 0. The predicted octanol–water partition coefficient (Wildman–Crippen LogP) is 6.46. The fourth-order valence-corrected chi connectivity index (χ4v) is 4.07. The maximum Gasteiger partial charge on any atom is 0.416 e. The molecule has 152 valence electrons. The van der Waals surface area contributed by atoms with Crippen molar-refractivity contribution >= 4 is 16.6 Å². The van der Waals surface area contributed by atoms with Crippen molar-refractivity contribution in [1.29, 1.82) is 0 Å². The first-order chi connectivity index (χ1) is 14.5. The van der Waals surface area contributed by atoms with Gasteiger partial charge in [-0.1, -0.05) is 42.5 Å². The van der Waals surface area contributed by atoms with E-state index in [0.717, 1.165) is 71.4 Å². The number of hydrogen-bond acceptors (Lipinski definition) is 2. The minimum atomic E-state index is -4.39. The molecule has 0 fully saturated rings. The molecule has 0 bridgehead atoms. The average Bonchev–Trinajstić information content (AvgIpc) is 2.94. The van der Waals surface area contributed by atoms with Gasteiger partial charge in [0.2, 0.25) is 0 Å². The first-order valence-corrected chi connectivity index (χ1v) is 10.0. The number of halogens is 3. The molecule has 0 spiro atoms. The van der Waals surface area contributed by atoms with E-state index >= 15 is 0 Å². The van der Waals surface area contributed by atoms with Crippen LogP contribution in [0.15, 0.2) is 66.7 Å². The second-order valence-electron chi connectivity index (χ2n) is 7.58. The molecule has 4 aromatic rings. The lowest BCUT2D eigenvalue weighted by atomic mass is 10.0. The van der Waals surface area contributed by atoms with Crippen molar-refractivity contribution in [2.45, 2.75) is 25.4 Å². The molecule has 1 aromatic heterocycles. The van der Waals surface area contributed by atoms with Crippen LogP contribution < -0.4 is 5.32 Å². The van der Waals surface area contributed by atoms with Crippen LogP contribution in [0.2, 0.25) is 0 Å². The monoisotopic (exact) mass is 407 g/mol. The highest BCUT2D eigenvalue weighted by molar-refractivity contribution is 5.87. The molecule has 1 N–H and O–H groups in total. The molecule has 3 aromatic carbocycles. The zero-order valence-electron chi connectivity index (χ0n) is 16.2. The Morgan fingerprint density at radius 2 is 1.70 bits per heavy atom. The van der Waals surface area contributed by atoms with Crippen LogP contribution >= 0.6 is 0 Å². The first kappa shape index (κ1) is 18.7. The molecule has 3 nitrogen and oxygen atoms in total. The molecule has 6 heteroatoms. The van der Waals surface area contributed by atoms with Gasteiger partial charge in [-0.3, -0.25) is 0 Å². The third-order valence-electron chi connectivity index (χ3n) is 5.57. The van der Waals surface area contributed by atoms with Gasteiger partial charge >= 0.3 is 6.18 Å². The maximum absolute atomic E-state index is 13.3. The molecule has 1 aliphatic rings. The van der Waals surface area contributed by atoms with Gasteiger partial charge in [-0.25, -0.2) is 4.68 Å². The summed E-state index contributed by atoms with van der Waals surface area (Å²) in [7, 11) is 0. The van der Waals surface area contributed by atoms with Crippen LogP contribution in [0.5, 0.6) is 0 Å². The summed E-state index contributed by atoms with van der Waals surface area (Å²) in [5.41, 5.74) is 2.58. The standard InChI is InChI=1S/C24H20F3N3/c25-24(26,27)19-8-5-9-20(15-19)30-23-21(10-3-4-13-28-23)22(29-30)18-12-11-16-6-1-2-7-17(16)14-18/h1-2,5-9,11-12,14-15,28H,3-4,10,13H2. The number of nitrogens with zero attached hydrogens (tertiary/aromatic N) is 2. The molecule has 0 radical (unpaired) electrons. The van der Waals surface area contributed by atoms with Gasteiger partial charge in [0.05, 0.1) is 16.9 Å². The zero-order valence-corrected chi connectivity index (χ0v) is 16.2. The van der Waals surface area contributed by atoms with Crippen molar-refractivity contribution < 1.29 is 13.2 Å². The van der Waals surface area contributed by atoms with E-state index in [1.54, 1.807) is 10.7 Å². The van der Waals surface area contributed by atoms with Gasteiger partial charge in [-0.15, -0.1) is 0 Å². The van der Waals surface area contributed by atoms with E-state index in [2.05, 4.69) is 29.6 Å². The lowest BCUT2D eigenvalue weighted by Crippen LogP contribution is -2.09. The van der Waals surface area contributed by atoms with Crippen LogP contribution in [0.3, 0.4) is 0 Å². The first-order valence-electron chi connectivity index (χ1n) is 10.0. The maximum atomic E-state index is 13.3. The SMILES string of the molecule is FC(F)(F)c1cccc(-n2nc(-c3ccc4ccccc4c3)c3c2NCCCC3)c1. The number of alkyl halides is 3. The number of benzene rings is 3. The molecule has 0 unspecified atom stereocenters. The van der Waals surface area contributed by atoms with Crippen LogP contribution in [-0.2, 0) is 12.6 Å². The lowest BCUT2D eigenvalue weighted by Gasteiger charge is -2.12. The average molecular weight is 407 g/mol. The van der Waals surface area contributed by atoms with E-state index in [-0.39, 0.29) is 0 Å². The predicted molar refractivity (Wildman–Crippen MR) is 113 cm³/mol. The summed E-state index contributed by atoms with van der Waals surface area (Å²) in [6.45, 7) is 0.773. The van der Waals surface area contributed by atoms with Crippen molar-refractivity contribution in [3.05, 3.63) is 77.9 Å². The molecule has 0 atom stereocenters. The Morgan fingerprint density at radius 1 is 0.867 bits per heavy atom. The minimum absolute atomic E-state index is 0.405. The van der Waals surface area contributed by atoms with Crippen LogP contribution in [0.25, 0.3) is 27.7 Å². The van der Waals surface area contributed by atoms with E-state index in [9.17, 15) is 13.2 Å². The van der Waals surface area contributed by atoms with Crippen LogP contribution in [0.1, 0.15) is 24.0 Å². The molecule has 0 saturated heterocycles. The molecule has 2 heterocycles. The fraction of sp³-hybridized carbons (Fsp3) is 0.208. The zero-order chi connectivity index (χ0) is 20.7. The minimum Gasteiger partial charge on any atom is -0.370 e. The highest BCUT2D eigenvalue weighted by atomic mass is 19.4. The van der Waals surface area contributed by atoms with Crippen molar-refractivity contribution in [2.75, 3.05) is 11.9 Å². The van der Waals surface area contributed by atoms with Crippen molar-refractivity contribution in [2.24, 2.45) is 0 Å². The Bertz CT molecular complexity index is 1220. The Hall–Kier alpha value is -3.28. The fourth-order valence-electron chi connectivity index (χ4n) is 4.07. The van der Waals surface area contributed by atoms with Crippen LogP contribution in [0.4, 0.5) is 19.0 Å². The van der Waals surface area contributed by atoms with Gasteiger partial charge in [-0.2, -0.15) is 18.3 Å². The highest BCUT2D eigenvalue weighted by Crippen LogP contribution is 2.36. The van der Waals surface area contributed by atoms with Gasteiger partial charge in [0.25, 0.3) is 0 Å². The largest absolute Gasteiger partial charge is 0.416 e. The molecular weight excluding hydrogens is 387 g/mol. The summed E-state index contributed by atoms with van der Waals surface area (Å²) in [6.07, 6.45) is -1.54.